The van der Waals surface area contributed by atoms with Gasteiger partial charge in [-0.25, -0.2) is 0 Å². The lowest BCUT2D eigenvalue weighted by Gasteiger charge is -2.31. The zero-order chi connectivity index (χ0) is 14.6. The van der Waals surface area contributed by atoms with E-state index >= 15 is 0 Å². The third-order valence-electron chi connectivity index (χ3n) is 3.97. The molecule has 1 N–H and O–H groups in total. The Morgan fingerprint density at radius 1 is 1.40 bits per heavy atom. The minimum Gasteiger partial charge on any atom is -0.310 e. The molecule has 1 atom stereocenters. The maximum atomic E-state index is 13.1. The van der Waals surface area contributed by atoms with E-state index < -0.39 is 11.7 Å². The zero-order valence-electron chi connectivity index (χ0n) is 11.7. The summed E-state index contributed by atoms with van der Waals surface area (Å²) in [5, 5.41) is 3.26. The van der Waals surface area contributed by atoms with Crippen molar-refractivity contribution >= 4 is 0 Å². The largest absolute Gasteiger partial charge is 0.416 e. The van der Waals surface area contributed by atoms with E-state index in [1.54, 1.807) is 0 Å². The van der Waals surface area contributed by atoms with Gasteiger partial charge >= 0.3 is 6.18 Å². The summed E-state index contributed by atoms with van der Waals surface area (Å²) in [5.41, 5.74) is -0.263. The number of aromatic nitrogens is 1. The maximum Gasteiger partial charge on any atom is 0.416 e. The van der Waals surface area contributed by atoms with Crippen LogP contribution in [-0.2, 0) is 6.18 Å². The van der Waals surface area contributed by atoms with E-state index in [1.807, 2.05) is 6.92 Å². The lowest BCUT2D eigenvalue weighted by molar-refractivity contribution is -0.138. The first kappa shape index (κ1) is 15.3. The number of halogens is 3. The highest BCUT2D eigenvalue weighted by Gasteiger charge is 2.36. The minimum atomic E-state index is -4.32. The number of alkyl halides is 3. The molecule has 2 rings (SSSR count). The van der Waals surface area contributed by atoms with Crippen molar-refractivity contribution in [2.75, 3.05) is 6.54 Å². The molecule has 0 radical (unpaired) electrons. The van der Waals surface area contributed by atoms with Crippen LogP contribution in [0.5, 0.6) is 0 Å². The average Bonchev–Trinajstić information content (AvgIpc) is 2.36. The fourth-order valence-electron chi connectivity index (χ4n) is 2.64. The van der Waals surface area contributed by atoms with E-state index in [1.165, 1.54) is 18.8 Å². The highest BCUT2D eigenvalue weighted by atomic mass is 19.4. The van der Waals surface area contributed by atoms with Crippen molar-refractivity contribution in [3.05, 3.63) is 29.6 Å². The van der Waals surface area contributed by atoms with Crippen LogP contribution >= 0.6 is 0 Å². The van der Waals surface area contributed by atoms with E-state index in [4.69, 9.17) is 0 Å². The first-order chi connectivity index (χ1) is 9.52. The van der Waals surface area contributed by atoms with Crippen LogP contribution in [0.1, 0.15) is 56.2 Å². The Morgan fingerprint density at radius 2 is 2.15 bits per heavy atom. The predicted molar refractivity (Wildman–Crippen MR) is 72.2 cm³/mol. The van der Waals surface area contributed by atoms with Crippen LogP contribution in [0.4, 0.5) is 13.2 Å². The van der Waals surface area contributed by atoms with Gasteiger partial charge in [0.15, 0.2) is 0 Å². The second-order valence-corrected chi connectivity index (χ2v) is 5.50. The third-order valence-corrected chi connectivity index (χ3v) is 3.97. The Kier molecular flexibility index (Phi) is 5.02. The molecule has 1 aromatic rings. The SMILES string of the molecule is CCCNC(CC1CCC1)c1cnccc1C(F)(F)F. The Bertz CT molecular complexity index is 427. The molecule has 2 nitrogen and oxygen atoms in total. The quantitative estimate of drug-likeness (QED) is 0.842. The molecule has 0 aromatic carbocycles. The van der Waals surface area contributed by atoms with E-state index in [-0.39, 0.29) is 6.04 Å². The van der Waals surface area contributed by atoms with Crippen molar-refractivity contribution < 1.29 is 13.2 Å². The summed E-state index contributed by atoms with van der Waals surface area (Å²) >= 11 is 0. The lowest BCUT2D eigenvalue weighted by atomic mass is 9.79. The molecule has 0 spiro atoms. The Labute approximate surface area is 117 Å². The molecule has 112 valence electrons. The van der Waals surface area contributed by atoms with Gasteiger partial charge in [0, 0.05) is 18.4 Å². The van der Waals surface area contributed by atoms with Gasteiger partial charge in [0.25, 0.3) is 0 Å². The smallest absolute Gasteiger partial charge is 0.310 e. The fraction of sp³-hybridized carbons (Fsp3) is 0.667. The van der Waals surface area contributed by atoms with Gasteiger partial charge in [0.05, 0.1) is 5.56 Å². The summed E-state index contributed by atoms with van der Waals surface area (Å²) in [7, 11) is 0. The normalized spacial score (nSPS) is 17.8. The van der Waals surface area contributed by atoms with Gasteiger partial charge in [0.1, 0.15) is 0 Å². The van der Waals surface area contributed by atoms with Crippen LogP contribution in [0, 0.1) is 5.92 Å². The Hall–Kier alpha value is -1.10. The first-order valence-electron chi connectivity index (χ1n) is 7.27. The summed E-state index contributed by atoms with van der Waals surface area (Å²) < 4.78 is 39.3. The molecule has 1 heterocycles. The van der Waals surface area contributed by atoms with Crippen LogP contribution in [0.15, 0.2) is 18.5 Å². The summed E-state index contributed by atoms with van der Waals surface area (Å²) in [6, 6.07) is 0.835. The molecule has 20 heavy (non-hydrogen) atoms. The monoisotopic (exact) mass is 286 g/mol. The van der Waals surface area contributed by atoms with Crippen molar-refractivity contribution in [3.8, 4) is 0 Å². The molecular formula is C15H21F3N2. The van der Waals surface area contributed by atoms with Crippen LogP contribution in [-0.4, -0.2) is 11.5 Å². The molecule has 1 aliphatic carbocycles. The van der Waals surface area contributed by atoms with Crippen molar-refractivity contribution in [2.45, 2.75) is 51.2 Å². The highest BCUT2D eigenvalue weighted by Crippen LogP contribution is 2.39. The second-order valence-electron chi connectivity index (χ2n) is 5.50. The summed E-state index contributed by atoms with van der Waals surface area (Å²) in [6.07, 6.45) is 3.41. The van der Waals surface area contributed by atoms with Gasteiger partial charge in [-0.1, -0.05) is 26.2 Å². The van der Waals surface area contributed by atoms with Crippen LogP contribution in [0.2, 0.25) is 0 Å². The summed E-state index contributed by atoms with van der Waals surface area (Å²) in [5.74, 6) is 0.547. The van der Waals surface area contributed by atoms with Crippen molar-refractivity contribution in [1.82, 2.24) is 10.3 Å². The van der Waals surface area contributed by atoms with Crippen LogP contribution in [0.25, 0.3) is 0 Å². The Balaban J connectivity index is 2.22. The highest BCUT2D eigenvalue weighted by molar-refractivity contribution is 5.29. The molecule has 0 amide bonds. The summed E-state index contributed by atoms with van der Waals surface area (Å²) in [4.78, 5) is 3.90. The van der Waals surface area contributed by atoms with E-state index in [9.17, 15) is 13.2 Å². The van der Waals surface area contributed by atoms with E-state index in [0.29, 0.717) is 11.5 Å². The van der Waals surface area contributed by atoms with Crippen molar-refractivity contribution in [1.29, 1.82) is 0 Å². The van der Waals surface area contributed by atoms with Gasteiger partial charge in [-0.2, -0.15) is 13.2 Å². The summed E-state index contributed by atoms with van der Waals surface area (Å²) in [6.45, 7) is 2.74. The number of rotatable bonds is 6. The van der Waals surface area contributed by atoms with Gasteiger partial charge in [-0.15, -0.1) is 0 Å². The number of hydrogen-bond donors (Lipinski definition) is 1. The van der Waals surface area contributed by atoms with Crippen LogP contribution < -0.4 is 5.32 Å². The van der Waals surface area contributed by atoms with E-state index in [0.717, 1.165) is 38.3 Å². The molecule has 1 aliphatic rings. The van der Waals surface area contributed by atoms with E-state index in [2.05, 4.69) is 10.3 Å². The molecular weight excluding hydrogens is 265 g/mol. The minimum absolute atomic E-state index is 0.245. The second kappa shape index (κ2) is 6.57. The standard InChI is InChI=1S/C15H21F3N2/c1-2-7-20-14(9-11-4-3-5-11)12-10-19-8-6-13(12)15(16,17)18/h6,8,10-11,14,20H,2-5,7,9H2,1H3. The van der Waals surface area contributed by atoms with Crippen molar-refractivity contribution in [2.24, 2.45) is 5.92 Å². The molecule has 0 bridgehead atoms. The molecule has 1 fully saturated rings. The zero-order valence-corrected chi connectivity index (χ0v) is 11.7. The molecule has 5 heteroatoms. The maximum absolute atomic E-state index is 13.1. The molecule has 0 saturated heterocycles. The number of hydrogen-bond acceptors (Lipinski definition) is 2. The van der Waals surface area contributed by atoms with Crippen LogP contribution in [0.3, 0.4) is 0 Å². The van der Waals surface area contributed by atoms with Gasteiger partial charge in [0.2, 0.25) is 0 Å². The number of nitrogens with zero attached hydrogens (tertiary/aromatic N) is 1. The number of nitrogens with one attached hydrogen (secondary N) is 1. The molecule has 1 unspecified atom stereocenters. The molecule has 1 aromatic heterocycles. The van der Waals surface area contributed by atoms with Crippen molar-refractivity contribution in [3.63, 3.8) is 0 Å². The predicted octanol–water partition coefficient (Wildman–Crippen LogP) is 4.33. The number of pyridine rings is 1. The molecule has 1 saturated carbocycles. The first-order valence-corrected chi connectivity index (χ1v) is 7.27. The Morgan fingerprint density at radius 3 is 2.70 bits per heavy atom. The third kappa shape index (κ3) is 3.72. The van der Waals surface area contributed by atoms with Gasteiger partial charge in [-0.3, -0.25) is 4.98 Å². The average molecular weight is 286 g/mol. The van der Waals surface area contributed by atoms with Gasteiger partial charge in [-0.05, 0) is 36.9 Å². The topological polar surface area (TPSA) is 24.9 Å². The molecule has 0 aliphatic heterocycles. The van der Waals surface area contributed by atoms with Gasteiger partial charge < -0.3 is 5.32 Å². The fourth-order valence-corrected chi connectivity index (χ4v) is 2.64. The lowest BCUT2D eigenvalue weighted by Crippen LogP contribution is -2.28.